The molecule has 5 N–H and O–H groups in total. The normalized spacial score (nSPS) is 14.9. The number of amidine groups is 2. The van der Waals surface area contributed by atoms with Gasteiger partial charge in [-0.1, -0.05) is 6.07 Å². The largest absolute Gasteiger partial charge is 0.494 e. The summed E-state index contributed by atoms with van der Waals surface area (Å²) in [4.78, 5) is 19.6. The lowest BCUT2D eigenvalue weighted by Gasteiger charge is -2.28. The number of aliphatic imine (C=N–C) groups is 2. The molecule has 1 aromatic heterocycles. The number of nitrogens with two attached hydrogens (primary N) is 2. The number of methoxy groups -OCH3 is 1. The van der Waals surface area contributed by atoms with Crippen molar-refractivity contribution in [2.24, 2.45) is 15.7 Å². The molecular weight excluding hydrogens is 344 g/mol. The van der Waals surface area contributed by atoms with Crippen molar-refractivity contribution < 1.29 is 4.74 Å². The standard InChI is InChI=1S/C18H24N8O/c1-27-13-5-2-4-12-16(13)24-18(21)25-17(12)23-14(20)7-11-26-10-3-9-22-15(26)6-8-19/h2,4-5,8,19H,3,6-7,9-11H2,1H3,(H4,20,21,23,24,25). The number of rotatable bonds is 7. The molecule has 9 heteroatoms. The molecule has 0 radical (unpaired) electrons. The molecular formula is C18H24N8O. The van der Waals surface area contributed by atoms with Crippen molar-refractivity contribution in [3.05, 3.63) is 18.2 Å². The van der Waals surface area contributed by atoms with Gasteiger partial charge in [0.25, 0.3) is 0 Å². The molecule has 0 spiro atoms. The molecule has 0 fully saturated rings. The summed E-state index contributed by atoms with van der Waals surface area (Å²) in [6.45, 7) is 2.43. The summed E-state index contributed by atoms with van der Waals surface area (Å²) in [5.74, 6) is 2.55. The Bertz CT molecular complexity index is 892. The topological polar surface area (TPSA) is 139 Å². The molecule has 0 atom stereocenters. The zero-order valence-electron chi connectivity index (χ0n) is 15.4. The van der Waals surface area contributed by atoms with Crippen LogP contribution >= 0.6 is 0 Å². The minimum atomic E-state index is 0.120. The average Bonchev–Trinajstić information content (AvgIpc) is 2.67. The van der Waals surface area contributed by atoms with Gasteiger partial charge in [0, 0.05) is 44.1 Å². The van der Waals surface area contributed by atoms with Crippen LogP contribution in [0.5, 0.6) is 5.75 Å². The quantitative estimate of drug-likeness (QED) is 0.502. The van der Waals surface area contributed by atoms with Crippen LogP contribution in [-0.2, 0) is 0 Å². The van der Waals surface area contributed by atoms with E-state index in [-0.39, 0.29) is 5.95 Å². The zero-order valence-corrected chi connectivity index (χ0v) is 15.4. The molecule has 3 rings (SSSR count). The predicted molar refractivity (Wildman–Crippen MR) is 108 cm³/mol. The Hall–Kier alpha value is -3.23. The molecule has 1 aliphatic heterocycles. The predicted octanol–water partition coefficient (Wildman–Crippen LogP) is 1.74. The van der Waals surface area contributed by atoms with E-state index in [1.165, 1.54) is 6.21 Å². The van der Waals surface area contributed by atoms with E-state index >= 15 is 0 Å². The number of nitrogens with zero attached hydrogens (tertiary/aromatic N) is 5. The van der Waals surface area contributed by atoms with E-state index in [1.807, 2.05) is 18.2 Å². The van der Waals surface area contributed by atoms with Crippen LogP contribution in [0.3, 0.4) is 0 Å². The Morgan fingerprint density at radius 2 is 2.26 bits per heavy atom. The molecule has 1 aliphatic rings. The van der Waals surface area contributed by atoms with Gasteiger partial charge in [0.1, 0.15) is 22.9 Å². The lowest BCUT2D eigenvalue weighted by molar-refractivity contribution is 0.399. The fraction of sp³-hybridized carbons (Fsp3) is 0.389. The molecule has 0 saturated heterocycles. The molecule has 0 bridgehead atoms. The van der Waals surface area contributed by atoms with E-state index in [1.54, 1.807) is 7.11 Å². The molecule has 1 aromatic carbocycles. The monoisotopic (exact) mass is 368 g/mol. The van der Waals surface area contributed by atoms with Crippen molar-refractivity contribution in [3.63, 3.8) is 0 Å². The van der Waals surface area contributed by atoms with Crippen molar-refractivity contribution in [2.75, 3.05) is 32.5 Å². The van der Waals surface area contributed by atoms with Gasteiger partial charge >= 0.3 is 0 Å². The number of fused-ring (bicyclic) bond motifs is 1. The third-order valence-electron chi connectivity index (χ3n) is 4.32. The molecule has 0 aliphatic carbocycles. The molecule has 9 nitrogen and oxygen atoms in total. The molecule has 0 saturated carbocycles. The van der Waals surface area contributed by atoms with Crippen LogP contribution in [0.15, 0.2) is 28.2 Å². The Morgan fingerprint density at radius 1 is 1.41 bits per heavy atom. The fourth-order valence-corrected chi connectivity index (χ4v) is 3.04. The summed E-state index contributed by atoms with van der Waals surface area (Å²) in [5, 5.41) is 8.04. The van der Waals surface area contributed by atoms with Gasteiger partial charge in [-0.05, 0) is 18.6 Å². The summed E-state index contributed by atoms with van der Waals surface area (Å²) in [6, 6.07) is 5.53. The number of nitrogens with one attached hydrogen (secondary N) is 1. The lowest BCUT2D eigenvalue weighted by atomic mass is 10.2. The number of hydrogen-bond acceptors (Lipinski definition) is 8. The molecule has 0 amide bonds. The first-order valence-corrected chi connectivity index (χ1v) is 8.83. The molecule has 2 heterocycles. The van der Waals surface area contributed by atoms with Gasteiger partial charge in [-0.15, -0.1) is 0 Å². The highest BCUT2D eigenvalue weighted by molar-refractivity contribution is 5.96. The average molecular weight is 368 g/mol. The van der Waals surface area contributed by atoms with Crippen molar-refractivity contribution in [3.8, 4) is 5.75 Å². The second-order valence-corrected chi connectivity index (χ2v) is 6.16. The van der Waals surface area contributed by atoms with Crippen LogP contribution in [-0.4, -0.2) is 59.5 Å². The van der Waals surface area contributed by atoms with Crippen LogP contribution in [0.4, 0.5) is 11.8 Å². The molecule has 0 unspecified atom stereocenters. The summed E-state index contributed by atoms with van der Waals surface area (Å²) in [5.41, 5.74) is 12.6. The highest BCUT2D eigenvalue weighted by Gasteiger charge is 2.15. The summed E-state index contributed by atoms with van der Waals surface area (Å²) in [6.07, 6.45) is 3.49. The van der Waals surface area contributed by atoms with Crippen molar-refractivity contribution in [2.45, 2.75) is 19.3 Å². The van der Waals surface area contributed by atoms with Gasteiger partial charge in [0.15, 0.2) is 5.82 Å². The molecule has 2 aromatic rings. The van der Waals surface area contributed by atoms with Crippen molar-refractivity contribution >= 4 is 40.6 Å². The summed E-state index contributed by atoms with van der Waals surface area (Å²) < 4.78 is 5.34. The first-order valence-electron chi connectivity index (χ1n) is 8.83. The number of benzene rings is 1. The number of para-hydroxylation sites is 1. The van der Waals surface area contributed by atoms with Gasteiger partial charge in [-0.3, -0.25) is 4.99 Å². The smallest absolute Gasteiger partial charge is 0.222 e. The van der Waals surface area contributed by atoms with E-state index in [9.17, 15) is 0 Å². The van der Waals surface area contributed by atoms with E-state index < -0.39 is 0 Å². The lowest BCUT2D eigenvalue weighted by Crippen LogP contribution is -2.38. The number of hydrogen-bond donors (Lipinski definition) is 3. The van der Waals surface area contributed by atoms with E-state index in [0.717, 1.165) is 30.7 Å². The maximum Gasteiger partial charge on any atom is 0.222 e. The third-order valence-corrected chi connectivity index (χ3v) is 4.32. The maximum atomic E-state index is 7.31. The van der Waals surface area contributed by atoms with Gasteiger partial charge in [-0.25, -0.2) is 9.98 Å². The SMILES string of the molecule is COc1cccc2c(N=C(N)CCN3CCCN=C3CC=N)nc(N)nc12. The Kier molecular flexibility index (Phi) is 5.80. The minimum absolute atomic E-state index is 0.120. The number of aromatic nitrogens is 2. The van der Waals surface area contributed by atoms with Gasteiger partial charge in [-0.2, -0.15) is 4.98 Å². The van der Waals surface area contributed by atoms with E-state index in [0.29, 0.717) is 42.3 Å². The Labute approximate surface area is 157 Å². The molecule has 142 valence electrons. The fourth-order valence-electron chi connectivity index (χ4n) is 3.04. The van der Waals surface area contributed by atoms with E-state index in [2.05, 4.69) is 24.9 Å². The van der Waals surface area contributed by atoms with Gasteiger partial charge in [0.05, 0.1) is 7.11 Å². The first-order chi connectivity index (χ1) is 13.1. The Morgan fingerprint density at radius 3 is 3.04 bits per heavy atom. The number of nitrogen functional groups attached to an aromatic ring is 1. The maximum absolute atomic E-state index is 7.31. The minimum Gasteiger partial charge on any atom is -0.494 e. The third kappa shape index (κ3) is 4.30. The van der Waals surface area contributed by atoms with Gasteiger partial charge < -0.3 is 26.5 Å². The van der Waals surface area contributed by atoms with Gasteiger partial charge in [0.2, 0.25) is 5.95 Å². The highest BCUT2D eigenvalue weighted by atomic mass is 16.5. The highest BCUT2D eigenvalue weighted by Crippen LogP contribution is 2.30. The first kappa shape index (κ1) is 18.6. The van der Waals surface area contributed by atoms with E-state index in [4.69, 9.17) is 21.6 Å². The molecule has 27 heavy (non-hydrogen) atoms. The zero-order chi connectivity index (χ0) is 19.2. The van der Waals surface area contributed by atoms with Crippen LogP contribution in [0.2, 0.25) is 0 Å². The number of ether oxygens (including phenoxy) is 1. The Balaban J connectivity index is 1.81. The van der Waals surface area contributed by atoms with Crippen LogP contribution in [0, 0.1) is 5.41 Å². The summed E-state index contributed by atoms with van der Waals surface area (Å²) >= 11 is 0. The summed E-state index contributed by atoms with van der Waals surface area (Å²) in [7, 11) is 1.58. The van der Waals surface area contributed by atoms with Crippen LogP contribution in [0.25, 0.3) is 10.9 Å². The van der Waals surface area contributed by atoms with Crippen molar-refractivity contribution in [1.82, 2.24) is 14.9 Å². The second-order valence-electron chi connectivity index (χ2n) is 6.16. The van der Waals surface area contributed by atoms with Crippen molar-refractivity contribution in [1.29, 1.82) is 5.41 Å². The van der Waals surface area contributed by atoms with Crippen LogP contribution in [0.1, 0.15) is 19.3 Å². The number of anilines is 1. The second kappa shape index (κ2) is 8.43. The van der Waals surface area contributed by atoms with Crippen LogP contribution < -0.4 is 16.2 Å².